The number of benzene rings is 1. The van der Waals surface area contributed by atoms with E-state index in [1.54, 1.807) is 0 Å². The van der Waals surface area contributed by atoms with Gasteiger partial charge in [-0.1, -0.05) is 38.0 Å². The topological polar surface area (TPSA) is 64.7 Å². The molecule has 0 spiro atoms. The molecule has 1 aromatic rings. The highest BCUT2D eigenvalue weighted by molar-refractivity contribution is 5.95. The van der Waals surface area contributed by atoms with Crippen molar-refractivity contribution in [2.24, 2.45) is 5.92 Å². The van der Waals surface area contributed by atoms with Crippen molar-refractivity contribution in [3.05, 3.63) is 30.3 Å². The van der Waals surface area contributed by atoms with E-state index < -0.39 is 0 Å². The van der Waals surface area contributed by atoms with Crippen LogP contribution in [0.15, 0.2) is 30.3 Å². The molecule has 3 amide bonds. The van der Waals surface area contributed by atoms with Gasteiger partial charge in [0, 0.05) is 37.9 Å². The smallest absolute Gasteiger partial charge is 0.321 e. The average Bonchev–Trinajstić information content (AvgIpc) is 2.65. The fourth-order valence-corrected chi connectivity index (χ4v) is 3.91. The van der Waals surface area contributed by atoms with Crippen molar-refractivity contribution in [3.8, 4) is 0 Å². The molecule has 3 rings (SSSR count). The van der Waals surface area contributed by atoms with E-state index in [0.717, 1.165) is 45.4 Å². The van der Waals surface area contributed by atoms with Crippen molar-refractivity contribution in [1.29, 1.82) is 0 Å². The Balaban J connectivity index is 1.38. The molecule has 2 fully saturated rings. The number of carbonyl (C=O) groups is 2. The molecule has 6 heteroatoms. The van der Waals surface area contributed by atoms with E-state index in [2.05, 4.69) is 39.5 Å². The van der Waals surface area contributed by atoms with Gasteiger partial charge in [-0.05, 0) is 30.9 Å². The second-order valence-electron chi connectivity index (χ2n) is 7.49. The molecule has 1 saturated heterocycles. The zero-order valence-corrected chi connectivity index (χ0v) is 15.6. The van der Waals surface area contributed by atoms with Crippen LogP contribution >= 0.6 is 0 Å². The van der Waals surface area contributed by atoms with Gasteiger partial charge in [-0.3, -0.25) is 15.0 Å². The first-order valence-corrected chi connectivity index (χ1v) is 9.74. The SMILES string of the molecule is C[C@H]1CCCC[C@@H]1NC(=O)NC(=O)CN1CCN(c2ccccc2)CC1. The van der Waals surface area contributed by atoms with E-state index >= 15 is 0 Å². The van der Waals surface area contributed by atoms with Gasteiger partial charge in [-0.15, -0.1) is 0 Å². The summed E-state index contributed by atoms with van der Waals surface area (Å²) in [6, 6.07) is 10.2. The van der Waals surface area contributed by atoms with Gasteiger partial charge >= 0.3 is 6.03 Å². The van der Waals surface area contributed by atoms with Crippen molar-refractivity contribution >= 4 is 17.6 Å². The van der Waals surface area contributed by atoms with E-state index in [9.17, 15) is 9.59 Å². The number of hydrogen-bond donors (Lipinski definition) is 2. The number of nitrogens with zero attached hydrogens (tertiary/aromatic N) is 2. The maximum absolute atomic E-state index is 12.2. The highest BCUT2D eigenvalue weighted by atomic mass is 16.2. The van der Waals surface area contributed by atoms with Crippen LogP contribution in [0.3, 0.4) is 0 Å². The summed E-state index contributed by atoms with van der Waals surface area (Å²) in [5.41, 5.74) is 1.22. The number of para-hydroxylation sites is 1. The van der Waals surface area contributed by atoms with Crippen LogP contribution in [0.2, 0.25) is 0 Å². The fraction of sp³-hybridized carbons (Fsp3) is 0.600. The van der Waals surface area contributed by atoms with Crippen LogP contribution in [0.25, 0.3) is 0 Å². The van der Waals surface area contributed by atoms with Crippen LogP contribution in [0.1, 0.15) is 32.6 Å². The zero-order valence-electron chi connectivity index (χ0n) is 15.6. The Hall–Kier alpha value is -2.08. The molecule has 2 atom stereocenters. The second kappa shape index (κ2) is 9.03. The minimum absolute atomic E-state index is 0.186. The summed E-state index contributed by atoms with van der Waals surface area (Å²) in [4.78, 5) is 28.7. The van der Waals surface area contributed by atoms with E-state index in [-0.39, 0.29) is 24.5 Å². The summed E-state index contributed by atoms with van der Waals surface area (Å²) in [5.74, 6) is 0.259. The van der Waals surface area contributed by atoms with Gasteiger partial charge < -0.3 is 10.2 Å². The van der Waals surface area contributed by atoms with Gasteiger partial charge in [0.2, 0.25) is 5.91 Å². The highest BCUT2D eigenvalue weighted by Crippen LogP contribution is 2.23. The van der Waals surface area contributed by atoms with Crippen LogP contribution in [-0.2, 0) is 4.79 Å². The quantitative estimate of drug-likeness (QED) is 0.866. The monoisotopic (exact) mass is 358 g/mol. The third kappa shape index (κ3) is 5.21. The molecule has 2 N–H and O–H groups in total. The number of carbonyl (C=O) groups excluding carboxylic acids is 2. The van der Waals surface area contributed by atoms with Gasteiger partial charge in [-0.2, -0.15) is 0 Å². The van der Waals surface area contributed by atoms with Crippen LogP contribution in [0, 0.1) is 5.92 Å². The second-order valence-corrected chi connectivity index (χ2v) is 7.49. The minimum Gasteiger partial charge on any atom is -0.369 e. The largest absolute Gasteiger partial charge is 0.369 e. The Bertz CT molecular complexity index is 599. The Kier molecular flexibility index (Phi) is 6.50. The number of imide groups is 1. The first kappa shape index (κ1) is 18.7. The third-order valence-corrected chi connectivity index (χ3v) is 5.54. The minimum atomic E-state index is -0.350. The number of hydrogen-bond acceptors (Lipinski definition) is 4. The Morgan fingerprint density at radius 2 is 1.73 bits per heavy atom. The molecule has 1 saturated carbocycles. The first-order valence-electron chi connectivity index (χ1n) is 9.74. The van der Waals surface area contributed by atoms with E-state index in [0.29, 0.717) is 5.92 Å². The standard InChI is InChI=1S/C20H30N4O2/c1-16-7-5-6-10-18(16)21-20(26)22-19(25)15-23-11-13-24(14-12-23)17-8-3-2-4-9-17/h2-4,8-9,16,18H,5-7,10-15H2,1H3,(H2,21,22,25,26)/t16-,18-/m0/s1. The van der Waals surface area contributed by atoms with Gasteiger partial charge in [-0.25, -0.2) is 4.79 Å². The molecule has 26 heavy (non-hydrogen) atoms. The predicted molar refractivity (Wildman–Crippen MR) is 103 cm³/mol. The maximum Gasteiger partial charge on any atom is 0.321 e. The summed E-state index contributed by atoms with van der Waals surface area (Å²) < 4.78 is 0. The van der Waals surface area contributed by atoms with Gasteiger partial charge in [0.05, 0.1) is 6.54 Å². The Morgan fingerprint density at radius 1 is 1.04 bits per heavy atom. The molecular formula is C20H30N4O2. The molecule has 1 aliphatic heterocycles. The van der Waals surface area contributed by atoms with Gasteiger partial charge in [0.1, 0.15) is 0 Å². The molecule has 0 aromatic heterocycles. The number of urea groups is 1. The molecule has 1 heterocycles. The zero-order chi connectivity index (χ0) is 18.4. The lowest BCUT2D eigenvalue weighted by atomic mass is 9.86. The first-order chi connectivity index (χ1) is 12.6. The summed E-state index contributed by atoms with van der Waals surface area (Å²) in [5, 5.41) is 5.46. The van der Waals surface area contributed by atoms with Gasteiger partial charge in [0.15, 0.2) is 0 Å². The molecule has 0 bridgehead atoms. The molecule has 1 aromatic carbocycles. The number of rotatable bonds is 4. The lowest BCUT2D eigenvalue weighted by Gasteiger charge is -2.35. The van der Waals surface area contributed by atoms with E-state index in [1.807, 2.05) is 18.2 Å². The van der Waals surface area contributed by atoms with Crippen LogP contribution in [0.5, 0.6) is 0 Å². The normalized spacial score (nSPS) is 24.1. The Morgan fingerprint density at radius 3 is 2.42 bits per heavy atom. The summed E-state index contributed by atoms with van der Waals surface area (Å²) in [7, 11) is 0. The Labute approximate surface area is 155 Å². The summed E-state index contributed by atoms with van der Waals surface area (Å²) >= 11 is 0. The lowest BCUT2D eigenvalue weighted by molar-refractivity contribution is -0.121. The molecule has 0 unspecified atom stereocenters. The van der Waals surface area contributed by atoms with Crippen molar-refractivity contribution in [1.82, 2.24) is 15.5 Å². The number of anilines is 1. The molecular weight excluding hydrogens is 328 g/mol. The van der Waals surface area contributed by atoms with E-state index in [4.69, 9.17) is 0 Å². The molecule has 6 nitrogen and oxygen atoms in total. The fourth-order valence-electron chi connectivity index (χ4n) is 3.91. The maximum atomic E-state index is 12.2. The molecule has 142 valence electrons. The molecule has 1 aliphatic carbocycles. The van der Waals surface area contributed by atoms with Crippen LogP contribution in [0.4, 0.5) is 10.5 Å². The molecule has 2 aliphatic rings. The van der Waals surface area contributed by atoms with Crippen molar-refractivity contribution in [2.45, 2.75) is 38.6 Å². The summed E-state index contributed by atoms with van der Waals surface area (Å²) in [6.07, 6.45) is 4.53. The molecule has 0 radical (unpaired) electrons. The number of piperazine rings is 1. The predicted octanol–water partition coefficient (Wildman–Crippen LogP) is 2.21. The van der Waals surface area contributed by atoms with Gasteiger partial charge in [0.25, 0.3) is 0 Å². The van der Waals surface area contributed by atoms with Crippen molar-refractivity contribution < 1.29 is 9.59 Å². The van der Waals surface area contributed by atoms with Crippen molar-refractivity contribution in [3.63, 3.8) is 0 Å². The highest BCUT2D eigenvalue weighted by Gasteiger charge is 2.24. The van der Waals surface area contributed by atoms with Crippen LogP contribution in [-0.4, -0.2) is 55.6 Å². The third-order valence-electron chi connectivity index (χ3n) is 5.54. The lowest BCUT2D eigenvalue weighted by Crippen LogP contribution is -2.52. The number of amides is 3. The van der Waals surface area contributed by atoms with Crippen LogP contribution < -0.4 is 15.5 Å². The average molecular weight is 358 g/mol. The number of nitrogens with one attached hydrogen (secondary N) is 2. The van der Waals surface area contributed by atoms with Crippen molar-refractivity contribution in [2.75, 3.05) is 37.6 Å². The summed E-state index contributed by atoms with van der Waals surface area (Å²) in [6.45, 7) is 5.87. The van der Waals surface area contributed by atoms with E-state index in [1.165, 1.54) is 12.1 Å².